The van der Waals surface area contributed by atoms with Crippen LogP contribution >= 0.6 is 0 Å². The molecule has 2 bridgehead atoms. The quantitative estimate of drug-likeness (QED) is 0.737. The summed E-state index contributed by atoms with van der Waals surface area (Å²) in [4.78, 5) is 26.8. The molecule has 1 heterocycles. The zero-order chi connectivity index (χ0) is 17.5. The summed E-state index contributed by atoms with van der Waals surface area (Å²) in [6, 6.07) is 1.55. The van der Waals surface area contributed by atoms with E-state index >= 15 is 0 Å². The number of ether oxygens (including phenoxy) is 1. The number of urea groups is 1. The molecule has 0 saturated heterocycles. The van der Waals surface area contributed by atoms with E-state index in [2.05, 4.69) is 36.4 Å². The molecule has 0 aromatic carbocycles. The van der Waals surface area contributed by atoms with Crippen molar-refractivity contribution in [2.24, 2.45) is 16.7 Å². The standard InChI is InChI=1S/C18H27N3O3/c1-5-24-15(22)13-9-12(10-19-13)20-16(23)21-14-8-11-6-7-18(14,4)17(11,2)3/h9-11,14,19H,5-8H2,1-4H3,(H2,20,21,23)/t11-,14+,18+/m1/s1. The van der Waals surface area contributed by atoms with Crippen molar-refractivity contribution < 1.29 is 14.3 Å². The monoisotopic (exact) mass is 333 g/mol. The summed E-state index contributed by atoms with van der Waals surface area (Å²) in [6.45, 7) is 9.01. The number of carbonyl (C=O) groups excluding carboxylic acids is 2. The first-order valence-corrected chi connectivity index (χ1v) is 8.71. The molecular formula is C18H27N3O3. The molecular weight excluding hydrogens is 306 g/mol. The Hall–Kier alpha value is -1.98. The number of nitrogens with one attached hydrogen (secondary N) is 3. The van der Waals surface area contributed by atoms with Crippen molar-refractivity contribution in [2.45, 2.75) is 53.0 Å². The summed E-state index contributed by atoms with van der Waals surface area (Å²) in [5.74, 6) is 0.254. The van der Waals surface area contributed by atoms with Crippen LogP contribution in [0.1, 0.15) is 57.4 Å². The van der Waals surface area contributed by atoms with Crippen molar-refractivity contribution in [3.05, 3.63) is 18.0 Å². The fourth-order valence-electron chi connectivity index (χ4n) is 4.54. The highest BCUT2D eigenvalue weighted by Gasteiger charge is 2.61. The Labute approximate surface area is 142 Å². The Morgan fingerprint density at radius 3 is 2.71 bits per heavy atom. The second-order valence-corrected chi connectivity index (χ2v) is 7.78. The fraction of sp³-hybridized carbons (Fsp3) is 0.667. The van der Waals surface area contributed by atoms with Gasteiger partial charge in [-0.05, 0) is 49.0 Å². The molecule has 1 aromatic rings. The van der Waals surface area contributed by atoms with Crippen LogP contribution in [0, 0.1) is 16.7 Å². The average Bonchev–Trinajstić information content (AvgIpc) is 3.10. The Morgan fingerprint density at radius 1 is 1.38 bits per heavy atom. The van der Waals surface area contributed by atoms with E-state index in [9.17, 15) is 9.59 Å². The summed E-state index contributed by atoms with van der Waals surface area (Å²) in [5.41, 5.74) is 1.29. The van der Waals surface area contributed by atoms with Gasteiger partial charge in [0, 0.05) is 12.2 Å². The van der Waals surface area contributed by atoms with Crippen molar-refractivity contribution in [1.29, 1.82) is 0 Å². The number of rotatable bonds is 4. The van der Waals surface area contributed by atoms with Crippen LogP contribution in [0.4, 0.5) is 10.5 Å². The maximum Gasteiger partial charge on any atom is 0.354 e. The second-order valence-electron chi connectivity index (χ2n) is 7.78. The molecule has 0 unspecified atom stereocenters. The normalized spacial score (nSPS) is 30.2. The van der Waals surface area contributed by atoms with Crippen molar-refractivity contribution in [2.75, 3.05) is 11.9 Å². The van der Waals surface area contributed by atoms with Crippen LogP contribution in [0.2, 0.25) is 0 Å². The topological polar surface area (TPSA) is 83.2 Å². The molecule has 2 aliphatic carbocycles. The number of esters is 1. The lowest BCUT2D eigenvalue weighted by Crippen LogP contribution is -2.48. The molecule has 3 N–H and O–H groups in total. The van der Waals surface area contributed by atoms with Gasteiger partial charge >= 0.3 is 12.0 Å². The number of hydrogen-bond donors (Lipinski definition) is 3. The molecule has 2 amide bonds. The third-order valence-electron chi connectivity index (χ3n) is 6.54. The number of aromatic nitrogens is 1. The van der Waals surface area contributed by atoms with E-state index in [1.807, 2.05) is 0 Å². The summed E-state index contributed by atoms with van der Waals surface area (Å²) in [6.07, 6.45) is 5.05. The fourth-order valence-corrected chi connectivity index (χ4v) is 4.54. The average molecular weight is 333 g/mol. The molecule has 0 radical (unpaired) electrons. The number of anilines is 1. The minimum atomic E-state index is -0.423. The molecule has 0 spiro atoms. The van der Waals surface area contributed by atoms with Gasteiger partial charge in [-0.3, -0.25) is 0 Å². The van der Waals surface area contributed by atoms with Gasteiger partial charge in [0.2, 0.25) is 0 Å². The summed E-state index contributed by atoms with van der Waals surface area (Å²) < 4.78 is 4.92. The molecule has 2 aliphatic rings. The van der Waals surface area contributed by atoms with E-state index in [4.69, 9.17) is 4.74 Å². The van der Waals surface area contributed by atoms with Gasteiger partial charge in [0.1, 0.15) is 5.69 Å². The van der Waals surface area contributed by atoms with Gasteiger partial charge in [-0.1, -0.05) is 20.8 Å². The third kappa shape index (κ3) is 2.58. The van der Waals surface area contributed by atoms with Crippen molar-refractivity contribution >= 4 is 17.7 Å². The SMILES string of the molecule is CCOC(=O)c1cc(NC(=O)N[C@H]2C[C@H]3CC[C@]2(C)C3(C)C)c[nH]1. The first-order valence-electron chi connectivity index (χ1n) is 8.71. The number of hydrogen-bond acceptors (Lipinski definition) is 3. The predicted octanol–water partition coefficient (Wildman–Crippen LogP) is 3.53. The molecule has 6 heteroatoms. The highest BCUT2D eigenvalue weighted by atomic mass is 16.5. The molecule has 6 nitrogen and oxygen atoms in total. The molecule has 2 saturated carbocycles. The van der Waals surface area contributed by atoms with Gasteiger partial charge in [0.15, 0.2) is 0 Å². The summed E-state index contributed by atoms with van der Waals surface area (Å²) >= 11 is 0. The van der Waals surface area contributed by atoms with Crippen LogP contribution < -0.4 is 10.6 Å². The zero-order valence-electron chi connectivity index (χ0n) is 14.9. The van der Waals surface area contributed by atoms with Crippen LogP contribution in [0.25, 0.3) is 0 Å². The molecule has 3 atom stereocenters. The van der Waals surface area contributed by atoms with E-state index in [-0.39, 0.29) is 22.9 Å². The predicted molar refractivity (Wildman–Crippen MR) is 91.9 cm³/mol. The number of aromatic amines is 1. The number of carbonyl (C=O) groups is 2. The Morgan fingerprint density at radius 2 is 2.12 bits per heavy atom. The maximum atomic E-state index is 12.4. The van der Waals surface area contributed by atoms with Crippen LogP contribution in [-0.2, 0) is 4.74 Å². The smallest absolute Gasteiger partial charge is 0.354 e. The highest BCUT2D eigenvalue weighted by molar-refractivity contribution is 5.93. The molecule has 0 aliphatic heterocycles. The van der Waals surface area contributed by atoms with Crippen LogP contribution in [0.15, 0.2) is 12.3 Å². The van der Waals surface area contributed by atoms with E-state index in [1.165, 1.54) is 6.42 Å². The Bertz CT molecular complexity index is 652. The summed E-state index contributed by atoms with van der Waals surface area (Å²) in [5, 5.41) is 5.94. The van der Waals surface area contributed by atoms with Gasteiger partial charge in [0.05, 0.1) is 12.3 Å². The van der Waals surface area contributed by atoms with Gasteiger partial charge in [0.25, 0.3) is 0 Å². The van der Waals surface area contributed by atoms with Gasteiger partial charge < -0.3 is 20.4 Å². The van der Waals surface area contributed by atoms with Crippen LogP contribution in [0.5, 0.6) is 0 Å². The van der Waals surface area contributed by atoms with E-state index < -0.39 is 5.97 Å². The van der Waals surface area contributed by atoms with Crippen molar-refractivity contribution in [3.63, 3.8) is 0 Å². The molecule has 132 valence electrons. The second kappa shape index (κ2) is 5.83. The van der Waals surface area contributed by atoms with Gasteiger partial charge in [-0.2, -0.15) is 0 Å². The van der Waals surface area contributed by atoms with E-state index in [1.54, 1.807) is 19.2 Å². The summed E-state index contributed by atoms with van der Waals surface area (Å²) in [7, 11) is 0. The first-order chi connectivity index (χ1) is 11.3. The van der Waals surface area contributed by atoms with Crippen molar-refractivity contribution in [1.82, 2.24) is 10.3 Å². The highest BCUT2D eigenvalue weighted by Crippen LogP contribution is 2.65. The molecule has 3 rings (SSSR count). The largest absolute Gasteiger partial charge is 0.461 e. The molecule has 24 heavy (non-hydrogen) atoms. The van der Waals surface area contributed by atoms with E-state index in [0.717, 1.165) is 12.8 Å². The van der Waals surface area contributed by atoms with Crippen LogP contribution in [-0.4, -0.2) is 29.6 Å². The third-order valence-corrected chi connectivity index (χ3v) is 6.54. The number of H-pyrrole nitrogens is 1. The van der Waals surface area contributed by atoms with Crippen LogP contribution in [0.3, 0.4) is 0 Å². The van der Waals surface area contributed by atoms with Gasteiger partial charge in [-0.15, -0.1) is 0 Å². The minimum absolute atomic E-state index is 0.142. The van der Waals surface area contributed by atoms with Gasteiger partial charge in [-0.25, -0.2) is 9.59 Å². The lowest BCUT2D eigenvalue weighted by atomic mass is 9.69. The maximum absolute atomic E-state index is 12.4. The Kier molecular flexibility index (Phi) is 4.10. The lowest BCUT2D eigenvalue weighted by Gasteiger charge is -2.39. The lowest BCUT2D eigenvalue weighted by molar-refractivity contribution is 0.0520. The Balaban J connectivity index is 1.60. The first kappa shape index (κ1) is 16.9. The van der Waals surface area contributed by atoms with E-state index in [0.29, 0.717) is 23.9 Å². The molecule has 2 fully saturated rings. The number of amides is 2. The molecule has 1 aromatic heterocycles. The zero-order valence-corrected chi connectivity index (χ0v) is 14.9. The van der Waals surface area contributed by atoms with Crippen molar-refractivity contribution in [3.8, 4) is 0 Å². The minimum Gasteiger partial charge on any atom is -0.461 e. The number of fused-ring (bicyclic) bond motifs is 2.